The molecular weight excluding hydrogens is 372 g/mol. The van der Waals surface area contributed by atoms with E-state index in [1.165, 1.54) is 98.9 Å². The first-order valence-electron chi connectivity index (χ1n) is 11.7. The SMILES string of the molecule is c1ccc(C[N+]23CCCN(CC[N+]4(Cc5ccccn5)CCCN(CC2)C4)C3)nc1. The van der Waals surface area contributed by atoms with Gasteiger partial charge in [0, 0.05) is 38.3 Å². The fourth-order valence-electron chi connectivity index (χ4n) is 5.91. The van der Waals surface area contributed by atoms with Crippen molar-refractivity contribution in [2.24, 2.45) is 0 Å². The van der Waals surface area contributed by atoms with E-state index >= 15 is 0 Å². The van der Waals surface area contributed by atoms with E-state index in [1.807, 2.05) is 24.5 Å². The van der Waals surface area contributed by atoms with Gasteiger partial charge >= 0.3 is 0 Å². The molecule has 3 aliphatic heterocycles. The molecule has 4 unspecified atom stereocenters. The van der Waals surface area contributed by atoms with Gasteiger partial charge < -0.3 is 8.97 Å². The molecule has 3 aliphatic rings. The molecule has 0 radical (unpaired) electrons. The predicted molar refractivity (Wildman–Crippen MR) is 118 cm³/mol. The van der Waals surface area contributed by atoms with Crippen LogP contribution in [-0.4, -0.2) is 94.4 Å². The number of quaternary nitrogens is 2. The molecule has 4 atom stereocenters. The van der Waals surface area contributed by atoms with Crippen LogP contribution in [-0.2, 0) is 13.1 Å². The molecular formula is C24H36N6+2. The van der Waals surface area contributed by atoms with E-state index in [2.05, 4.69) is 44.0 Å². The lowest BCUT2D eigenvalue weighted by atomic mass is 10.1. The standard InChI is InChI=1S/C24H36N6/c1-3-9-25-23(7-1)19-29-15-5-11-27(21-29)14-18-30(20-24-8-2-4-10-26-24)16-6-12-28(22-30)13-17-29/h1-4,7-10H,5-6,11-22H2/q+2. The summed E-state index contributed by atoms with van der Waals surface area (Å²) in [5.41, 5.74) is 2.49. The molecule has 5 heterocycles. The first kappa shape index (κ1) is 20.1. The second-order valence-electron chi connectivity index (χ2n) is 9.76. The predicted octanol–water partition coefficient (Wildman–Crippen LogP) is 2.15. The Kier molecular flexibility index (Phi) is 5.83. The smallest absolute Gasteiger partial charge is 0.135 e. The number of aromatic nitrogens is 2. The molecule has 0 aromatic carbocycles. The molecule has 3 fully saturated rings. The molecule has 0 amide bonds. The van der Waals surface area contributed by atoms with Crippen molar-refractivity contribution in [3.63, 3.8) is 0 Å². The third-order valence-corrected chi connectivity index (χ3v) is 7.44. The Morgan fingerprint density at radius 1 is 0.633 bits per heavy atom. The number of pyridine rings is 2. The van der Waals surface area contributed by atoms with Crippen molar-refractivity contribution in [3.8, 4) is 0 Å². The van der Waals surface area contributed by atoms with Gasteiger partial charge in [-0.25, -0.2) is 0 Å². The second-order valence-corrected chi connectivity index (χ2v) is 9.76. The van der Waals surface area contributed by atoms with Gasteiger partial charge in [0.1, 0.15) is 26.4 Å². The van der Waals surface area contributed by atoms with Crippen LogP contribution < -0.4 is 0 Å². The van der Waals surface area contributed by atoms with Gasteiger partial charge in [0.25, 0.3) is 0 Å². The van der Waals surface area contributed by atoms with E-state index in [1.54, 1.807) is 0 Å². The van der Waals surface area contributed by atoms with Crippen molar-refractivity contribution < 1.29 is 8.97 Å². The number of hydrogen-bond acceptors (Lipinski definition) is 4. The minimum absolute atomic E-state index is 1.07. The third kappa shape index (κ3) is 4.57. The molecule has 160 valence electrons. The average molecular weight is 409 g/mol. The highest BCUT2D eigenvalue weighted by molar-refractivity contribution is 5.03. The van der Waals surface area contributed by atoms with Crippen LogP contribution in [0.2, 0.25) is 0 Å². The first-order chi connectivity index (χ1) is 14.7. The average Bonchev–Trinajstić information content (AvgIpc) is 2.78. The zero-order valence-electron chi connectivity index (χ0n) is 18.2. The summed E-state index contributed by atoms with van der Waals surface area (Å²) in [4.78, 5) is 14.8. The fourth-order valence-corrected chi connectivity index (χ4v) is 5.91. The Balaban J connectivity index is 1.36. The lowest BCUT2D eigenvalue weighted by Crippen LogP contribution is -2.67. The van der Waals surface area contributed by atoms with E-state index in [0.717, 1.165) is 13.1 Å². The first-order valence-corrected chi connectivity index (χ1v) is 11.7. The molecule has 0 spiro atoms. The largest absolute Gasteiger partial charge is 0.305 e. The topological polar surface area (TPSA) is 32.3 Å². The summed E-state index contributed by atoms with van der Waals surface area (Å²) < 4.78 is 2.35. The monoisotopic (exact) mass is 408 g/mol. The molecule has 6 nitrogen and oxygen atoms in total. The van der Waals surface area contributed by atoms with Crippen molar-refractivity contribution in [3.05, 3.63) is 60.2 Å². The molecule has 6 heteroatoms. The van der Waals surface area contributed by atoms with Crippen LogP contribution in [0.15, 0.2) is 48.8 Å². The van der Waals surface area contributed by atoms with E-state index in [9.17, 15) is 0 Å². The lowest BCUT2D eigenvalue weighted by molar-refractivity contribution is -0.971. The van der Waals surface area contributed by atoms with E-state index in [0.29, 0.717) is 0 Å². The second kappa shape index (κ2) is 8.71. The summed E-state index contributed by atoms with van der Waals surface area (Å²) in [7, 11) is 0. The highest BCUT2D eigenvalue weighted by Gasteiger charge is 2.41. The van der Waals surface area contributed by atoms with Gasteiger partial charge in [-0.3, -0.25) is 19.8 Å². The van der Waals surface area contributed by atoms with Crippen LogP contribution in [0.3, 0.4) is 0 Å². The van der Waals surface area contributed by atoms with Crippen molar-refractivity contribution in [2.75, 3.05) is 65.7 Å². The summed E-state index contributed by atoms with van der Waals surface area (Å²) in [6.07, 6.45) is 6.50. The van der Waals surface area contributed by atoms with Gasteiger partial charge in [-0.15, -0.1) is 0 Å². The number of rotatable bonds is 4. The van der Waals surface area contributed by atoms with Crippen molar-refractivity contribution in [1.82, 2.24) is 19.8 Å². The summed E-state index contributed by atoms with van der Waals surface area (Å²) >= 11 is 0. The Labute approximate surface area is 180 Å². The van der Waals surface area contributed by atoms with Crippen LogP contribution in [0, 0.1) is 0 Å². The molecule has 0 aliphatic carbocycles. The van der Waals surface area contributed by atoms with Gasteiger partial charge in [0.05, 0.1) is 50.7 Å². The van der Waals surface area contributed by atoms with Gasteiger partial charge in [-0.05, 0) is 24.3 Å². The van der Waals surface area contributed by atoms with Gasteiger partial charge in [-0.2, -0.15) is 0 Å². The van der Waals surface area contributed by atoms with Crippen LogP contribution in [0.5, 0.6) is 0 Å². The van der Waals surface area contributed by atoms with Crippen molar-refractivity contribution in [2.45, 2.75) is 25.9 Å². The number of nitrogens with zero attached hydrogens (tertiary/aromatic N) is 6. The van der Waals surface area contributed by atoms with E-state index in [-0.39, 0.29) is 0 Å². The summed E-state index contributed by atoms with van der Waals surface area (Å²) in [6.45, 7) is 14.4. The van der Waals surface area contributed by atoms with Crippen molar-refractivity contribution >= 4 is 0 Å². The highest BCUT2D eigenvalue weighted by Crippen LogP contribution is 2.26. The Morgan fingerprint density at radius 2 is 1.13 bits per heavy atom. The summed E-state index contributed by atoms with van der Waals surface area (Å²) in [5, 5.41) is 0. The van der Waals surface area contributed by atoms with Crippen LogP contribution >= 0.6 is 0 Å². The van der Waals surface area contributed by atoms with E-state index < -0.39 is 0 Å². The van der Waals surface area contributed by atoms with Gasteiger partial charge in [0.15, 0.2) is 0 Å². The quantitative estimate of drug-likeness (QED) is 0.726. The minimum Gasteiger partial charge on any atom is -0.305 e. The summed E-state index contributed by atoms with van der Waals surface area (Å²) in [5.74, 6) is 0. The van der Waals surface area contributed by atoms with Gasteiger partial charge in [0.2, 0.25) is 0 Å². The van der Waals surface area contributed by atoms with Crippen LogP contribution in [0.1, 0.15) is 24.2 Å². The van der Waals surface area contributed by atoms with Gasteiger partial charge in [-0.1, -0.05) is 12.1 Å². The molecule has 0 N–H and O–H groups in total. The fraction of sp³-hybridized carbons (Fsp3) is 0.583. The van der Waals surface area contributed by atoms with E-state index in [4.69, 9.17) is 0 Å². The minimum atomic E-state index is 1.07. The number of hydrogen-bond donors (Lipinski definition) is 0. The highest BCUT2D eigenvalue weighted by atomic mass is 15.5. The molecule has 30 heavy (non-hydrogen) atoms. The third-order valence-electron chi connectivity index (χ3n) is 7.44. The Hall–Kier alpha value is -1.86. The van der Waals surface area contributed by atoms with Crippen molar-refractivity contribution in [1.29, 1.82) is 0 Å². The van der Waals surface area contributed by atoms with Crippen LogP contribution in [0.4, 0.5) is 0 Å². The molecule has 2 aromatic heterocycles. The molecule has 0 saturated carbocycles. The molecule has 3 saturated heterocycles. The lowest BCUT2D eigenvalue weighted by Gasteiger charge is -2.51. The Bertz CT molecular complexity index is 745. The zero-order chi connectivity index (χ0) is 20.3. The number of fused-ring (bicyclic) bond motifs is 4. The molecule has 4 bridgehead atoms. The van der Waals surface area contributed by atoms with Crippen LogP contribution in [0.25, 0.3) is 0 Å². The molecule has 5 rings (SSSR count). The maximum atomic E-state index is 4.67. The zero-order valence-corrected chi connectivity index (χ0v) is 18.2. The maximum Gasteiger partial charge on any atom is 0.135 e. The maximum absolute atomic E-state index is 4.67. The normalized spacial score (nSPS) is 34.3. The summed E-state index contributed by atoms with van der Waals surface area (Å²) in [6, 6.07) is 12.7. The molecule has 2 aromatic rings. The Morgan fingerprint density at radius 3 is 1.57 bits per heavy atom.